The first kappa shape index (κ1) is 11.4. The highest BCUT2D eigenvalue weighted by Gasteiger charge is 2.15. The van der Waals surface area contributed by atoms with Gasteiger partial charge in [0.05, 0.1) is 11.6 Å². The molecule has 0 saturated carbocycles. The number of carbonyl (C=O) groups excluding carboxylic acids is 1. The van der Waals surface area contributed by atoms with Gasteiger partial charge in [-0.15, -0.1) is 0 Å². The molecule has 1 heterocycles. The second-order valence-electron chi connectivity index (χ2n) is 2.59. The van der Waals surface area contributed by atoms with Crippen molar-refractivity contribution in [2.45, 2.75) is 6.92 Å². The number of carbonyl (C=O) groups is 1. The monoisotopic (exact) mass is 236 g/mol. The summed E-state index contributed by atoms with van der Waals surface area (Å²) >= 11 is 11.5. The van der Waals surface area contributed by atoms with Gasteiger partial charge in [0.1, 0.15) is 10.8 Å². The van der Waals surface area contributed by atoms with E-state index in [9.17, 15) is 4.79 Å². The van der Waals surface area contributed by atoms with Crippen LogP contribution in [0, 0.1) is 0 Å². The van der Waals surface area contributed by atoms with Crippen LogP contribution in [0.3, 0.4) is 0 Å². The van der Waals surface area contributed by atoms with E-state index in [0.29, 0.717) is 22.5 Å². The Morgan fingerprint density at radius 2 is 2.29 bits per heavy atom. The van der Waals surface area contributed by atoms with Crippen LogP contribution in [0.25, 0.3) is 0 Å². The Hall–Kier alpha value is -0.710. The lowest BCUT2D eigenvalue weighted by Crippen LogP contribution is -2.25. The number of hydrogen-bond acceptors (Lipinski definition) is 2. The van der Waals surface area contributed by atoms with Crippen LogP contribution in [0.4, 0.5) is 0 Å². The number of amides is 1. The van der Waals surface area contributed by atoms with Gasteiger partial charge in [0, 0.05) is 7.05 Å². The summed E-state index contributed by atoms with van der Waals surface area (Å²) in [5.74, 6) is -0.372. The summed E-state index contributed by atoms with van der Waals surface area (Å²) in [6, 6.07) is 1.48. The van der Waals surface area contributed by atoms with E-state index in [1.54, 1.807) is 14.0 Å². The zero-order valence-corrected chi connectivity index (χ0v) is 9.32. The van der Waals surface area contributed by atoms with Crippen molar-refractivity contribution < 1.29 is 9.63 Å². The Kier molecular flexibility index (Phi) is 3.80. The molecule has 0 atom stereocenters. The standard InChI is InChI=1S/C8H10Cl2N2O2/c1-3-14-11-8(13)6-4-5(9)7(10)12(6)2/h4H,3H2,1-2H3,(H,11,13). The second kappa shape index (κ2) is 4.68. The molecule has 1 rings (SSSR count). The van der Waals surface area contributed by atoms with E-state index in [-0.39, 0.29) is 5.91 Å². The van der Waals surface area contributed by atoms with E-state index in [0.717, 1.165) is 0 Å². The molecular formula is C8H10Cl2N2O2. The quantitative estimate of drug-likeness (QED) is 0.817. The van der Waals surface area contributed by atoms with Gasteiger partial charge in [-0.3, -0.25) is 9.63 Å². The summed E-state index contributed by atoms with van der Waals surface area (Å²) in [4.78, 5) is 16.2. The van der Waals surface area contributed by atoms with Crippen molar-refractivity contribution in [1.29, 1.82) is 0 Å². The lowest BCUT2D eigenvalue weighted by Gasteiger charge is -2.04. The van der Waals surface area contributed by atoms with Crippen molar-refractivity contribution in [2.75, 3.05) is 6.61 Å². The maximum atomic E-state index is 11.4. The fourth-order valence-corrected chi connectivity index (χ4v) is 1.33. The minimum Gasteiger partial charge on any atom is -0.329 e. The van der Waals surface area contributed by atoms with Crippen LogP contribution in [0.15, 0.2) is 6.07 Å². The summed E-state index contributed by atoms with van der Waals surface area (Å²) < 4.78 is 1.48. The molecule has 0 aliphatic heterocycles. The average molecular weight is 237 g/mol. The smallest absolute Gasteiger partial charge is 0.291 e. The van der Waals surface area contributed by atoms with Crippen molar-refractivity contribution in [2.24, 2.45) is 7.05 Å². The maximum Gasteiger partial charge on any atom is 0.291 e. The minimum absolute atomic E-state index is 0.327. The molecule has 0 aromatic carbocycles. The maximum absolute atomic E-state index is 11.4. The fraction of sp³-hybridized carbons (Fsp3) is 0.375. The summed E-state index contributed by atoms with van der Waals surface area (Å²) in [6.07, 6.45) is 0. The van der Waals surface area contributed by atoms with Crippen LogP contribution in [-0.2, 0) is 11.9 Å². The summed E-state index contributed by atoms with van der Waals surface area (Å²) in [7, 11) is 1.65. The van der Waals surface area contributed by atoms with Gasteiger partial charge in [-0.25, -0.2) is 5.48 Å². The zero-order valence-electron chi connectivity index (χ0n) is 7.80. The van der Waals surface area contributed by atoms with Gasteiger partial charge in [0.15, 0.2) is 0 Å². The number of nitrogens with zero attached hydrogens (tertiary/aromatic N) is 1. The van der Waals surface area contributed by atoms with E-state index in [1.807, 2.05) is 0 Å². The number of hydrogen-bond donors (Lipinski definition) is 1. The van der Waals surface area contributed by atoms with Crippen LogP contribution >= 0.6 is 23.2 Å². The molecule has 4 nitrogen and oxygen atoms in total. The van der Waals surface area contributed by atoms with E-state index >= 15 is 0 Å². The summed E-state index contributed by atoms with van der Waals surface area (Å²) in [5, 5.41) is 0.670. The van der Waals surface area contributed by atoms with E-state index in [4.69, 9.17) is 28.0 Å². The molecule has 0 aliphatic rings. The zero-order chi connectivity index (χ0) is 10.7. The summed E-state index contributed by atoms with van der Waals surface area (Å²) in [5.41, 5.74) is 2.61. The minimum atomic E-state index is -0.372. The van der Waals surface area contributed by atoms with E-state index in [2.05, 4.69) is 5.48 Å². The Labute approximate surface area is 91.7 Å². The predicted molar refractivity (Wildman–Crippen MR) is 54.5 cm³/mol. The molecule has 1 aromatic rings. The van der Waals surface area contributed by atoms with E-state index < -0.39 is 0 Å². The fourth-order valence-electron chi connectivity index (χ4n) is 0.950. The SMILES string of the molecule is CCONC(=O)c1cc(Cl)c(Cl)n1C. The third-order valence-corrected chi connectivity index (χ3v) is 2.50. The lowest BCUT2D eigenvalue weighted by molar-refractivity contribution is 0.0357. The molecule has 6 heteroatoms. The number of halogens is 2. The van der Waals surface area contributed by atoms with E-state index in [1.165, 1.54) is 10.6 Å². The molecule has 1 N–H and O–H groups in total. The van der Waals surface area contributed by atoms with Gasteiger partial charge < -0.3 is 4.57 Å². The molecule has 0 bridgehead atoms. The number of hydroxylamine groups is 1. The number of nitrogens with one attached hydrogen (secondary N) is 1. The van der Waals surface area contributed by atoms with Gasteiger partial charge in [-0.05, 0) is 13.0 Å². The predicted octanol–water partition coefficient (Wildman–Crippen LogP) is 2.01. The molecule has 14 heavy (non-hydrogen) atoms. The Morgan fingerprint density at radius 3 is 2.71 bits per heavy atom. The molecule has 0 spiro atoms. The topological polar surface area (TPSA) is 43.3 Å². The van der Waals surface area contributed by atoms with Gasteiger partial charge in [-0.2, -0.15) is 0 Å². The highest BCUT2D eigenvalue weighted by atomic mass is 35.5. The van der Waals surface area contributed by atoms with Crippen LogP contribution in [0.5, 0.6) is 0 Å². The highest BCUT2D eigenvalue weighted by molar-refractivity contribution is 6.41. The molecule has 0 saturated heterocycles. The highest BCUT2D eigenvalue weighted by Crippen LogP contribution is 2.24. The van der Waals surface area contributed by atoms with Crippen molar-refractivity contribution in [1.82, 2.24) is 10.0 Å². The third kappa shape index (κ3) is 2.20. The number of rotatable bonds is 3. The van der Waals surface area contributed by atoms with Crippen molar-refractivity contribution in [3.05, 3.63) is 21.9 Å². The molecule has 0 radical (unpaired) electrons. The van der Waals surface area contributed by atoms with Gasteiger partial charge in [0.25, 0.3) is 5.91 Å². The number of aromatic nitrogens is 1. The second-order valence-corrected chi connectivity index (χ2v) is 3.36. The molecule has 0 fully saturated rings. The molecule has 1 aromatic heterocycles. The van der Waals surface area contributed by atoms with Gasteiger partial charge in [-0.1, -0.05) is 23.2 Å². The molecule has 0 aliphatic carbocycles. The van der Waals surface area contributed by atoms with Crippen molar-refractivity contribution in [3.8, 4) is 0 Å². The van der Waals surface area contributed by atoms with Crippen LogP contribution in [0.2, 0.25) is 10.2 Å². The van der Waals surface area contributed by atoms with Crippen molar-refractivity contribution in [3.63, 3.8) is 0 Å². The molecular weight excluding hydrogens is 227 g/mol. The van der Waals surface area contributed by atoms with Crippen LogP contribution < -0.4 is 5.48 Å². The van der Waals surface area contributed by atoms with Crippen molar-refractivity contribution >= 4 is 29.1 Å². The molecule has 1 amide bonds. The summed E-state index contributed by atoms with van der Waals surface area (Å²) in [6.45, 7) is 2.17. The molecule has 78 valence electrons. The first-order valence-corrected chi connectivity index (χ1v) is 4.76. The molecule has 0 unspecified atom stereocenters. The first-order chi connectivity index (χ1) is 6.57. The third-order valence-electron chi connectivity index (χ3n) is 1.66. The first-order valence-electron chi connectivity index (χ1n) is 4.00. The van der Waals surface area contributed by atoms with Gasteiger partial charge in [0.2, 0.25) is 0 Å². The average Bonchev–Trinajstić information content (AvgIpc) is 2.42. The Balaban J connectivity index is 2.85. The Morgan fingerprint density at radius 1 is 1.64 bits per heavy atom. The largest absolute Gasteiger partial charge is 0.329 e. The Bertz CT molecular complexity index is 349. The van der Waals surface area contributed by atoms with Crippen LogP contribution in [0.1, 0.15) is 17.4 Å². The lowest BCUT2D eigenvalue weighted by atomic mass is 10.4. The van der Waals surface area contributed by atoms with Crippen LogP contribution in [-0.4, -0.2) is 17.1 Å². The normalized spacial score (nSPS) is 10.3. The van der Waals surface area contributed by atoms with Gasteiger partial charge >= 0.3 is 0 Å².